The van der Waals surface area contributed by atoms with Crippen molar-refractivity contribution in [1.82, 2.24) is 9.69 Å². The zero-order valence-electron chi connectivity index (χ0n) is 16.4. The third-order valence-corrected chi connectivity index (χ3v) is 5.16. The molecule has 0 aliphatic heterocycles. The molecule has 1 aromatic heterocycles. The van der Waals surface area contributed by atoms with Gasteiger partial charge >= 0.3 is 0 Å². The molecule has 0 saturated heterocycles. The third-order valence-electron chi connectivity index (χ3n) is 3.91. The van der Waals surface area contributed by atoms with Crippen LogP contribution < -0.4 is 21.1 Å². The quantitative estimate of drug-likeness (QED) is 0.312. The molecular formula is C18H21BrF2N4O5S. The molecule has 31 heavy (non-hydrogen) atoms. The predicted molar refractivity (Wildman–Crippen MR) is 113 cm³/mol. The third kappa shape index (κ3) is 7.38. The average Bonchev–Trinajstić information content (AvgIpc) is 3.09. The smallest absolute Gasteiger partial charge is 0.257 e. The van der Waals surface area contributed by atoms with Gasteiger partial charge in [0, 0.05) is 24.7 Å². The number of carbonyl (C=O) groups is 2. The van der Waals surface area contributed by atoms with E-state index in [1.807, 2.05) is 0 Å². The highest BCUT2D eigenvalue weighted by molar-refractivity contribution is 9.10. The number of anilines is 1. The van der Waals surface area contributed by atoms with Gasteiger partial charge in [-0.15, -0.1) is 0 Å². The lowest BCUT2D eigenvalue weighted by Gasteiger charge is -2.12. The van der Waals surface area contributed by atoms with Crippen molar-refractivity contribution in [1.29, 1.82) is 0 Å². The lowest BCUT2D eigenvalue weighted by atomic mass is 10.2. The zero-order chi connectivity index (χ0) is 23.0. The number of benzene rings is 1. The van der Waals surface area contributed by atoms with E-state index in [1.54, 1.807) is 0 Å². The van der Waals surface area contributed by atoms with E-state index in [-0.39, 0.29) is 45.4 Å². The van der Waals surface area contributed by atoms with Crippen molar-refractivity contribution in [3.8, 4) is 5.88 Å². The topological polar surface area (TPSA) is 136 Å². The van der Waals surface area contributed by atoms with E-state index < -0.39 is 30.3 Å². The lowest BCUT2D eigenvalue weighted by Crippen LogP contribution is -2.32. The van der Waals surface area contributed by atoms with Gasteiger partial charge in [0.1, 0.15) is 28.8 Å². The summed E-state index contributed by atoms with van der Waals surface area (Å²) in [5.41, 5.74) is 4.92. The van der Waals surface area contributed by atoms with Crippen molar-refractivity contribution < 1.29 is 33.0 Å². The largest absolute Gasteiger partial charge is 0.471 e. The average molecular weight is 523 g/mol. The molecule has 2 aromatic rings. The minimum atomic E-state index is -1.05. The first-order chi connectivity index (χ1) is 14.7. The molecule has 0 saturated carbocycles. The number of ether oxygens (including phenoxy) is 2. The van der Waals surface area contributed by atoms with Crippen LogP contribution in [0.5, 0.6) is 5.88 Å². The van der Waals surface area contributed by atoms with Crippen LogP contribution in [0.25, 0.3) is 0 Å². The highest BCUT2D eigenvalue weighted by Crippen LogP contribution is 2.31. The Morgan fingerprint density at radius 3 is 2.65 bits per heavy atom. The molecule has 1 atom stereocenters. The van der Waals surface area contributed by atoms with Crippen LogP contribution in [0.15, 0.2) is 16.6 Å². The van der Waals surface area contributed by atoms with Gasteiger partial charge in [-0.3, -0.25) is 9.59 Å². The van der Waals surface area contributed by atoms with Crippen LogP contribution in [0, 0.1) is 11.6 Å². The predicted octanol–water partition coefficient (Wildman–Crippen LogP) is 1.79. The summed E-state index contributed by atoms with van der Waals surface area (Å²) in [4.78, 5) is 23.5. The number of methoxy groups -OCH3 is 1. The Balaban J connectivity index is 1.99. The molecule has 13 heteroatoms. The molecule has 9 nitrogen and oxygen atoms in total. The van der Waals surface area contributed by atoms with E-state index in [4.69, 9.17) is 15.2 Å². The van der Waals surface area contributed by atoms with E-state index in [2.05, 4.69) is 30.9 Å². The number of primary amides is 1. The molecule has 1 unspecified atom stereocenters. The first-order valence-electron chi connectivity index (χ1n) is 8.96. The number of aliphatic hydroxyl groups excluding tert-OH is 1. The van der Waals surface area contributed by atoms with Crippen LogP contribution >= 0.6 is 27.5 Å². The summed E-state index contributed by atoms with van der Waals surface area (Å²) in [6.45, 7) is 0.0738. The molecule has 0 aliphatic carbocycles. The van der Waals surface area contributed by atoms with Gasteiger partial charge in [-0.2, -0.15) is 4.37 Å². The number of hydrogen-bond acceptors (Lipinski definition) is 8. The number of nitrogens with two attached hydrogens (primary N) is 1. The number of aliphatic hydroxyl groups is 1. The standard InChI is InChI=1S/C18H21BrF2N4O5S/c1-29-3-2-23-14(27)6-10(26)7-24-18-15(16(22)28)17(25-31-18)30-8-11-12(20)4-9(19)5-13(11)21/h4-5,10,24,26H,2-3,6-8H2,1H3,(H2,22,28)(H,23,27). The zero-order valence-corrected chi connectivity index (χ0v) is 18.8. The van der Waals surface area contributed by atoms with E-state index >= 15 is 0 Å². The molecule has 0 fully saturated rings. The van der Waals surface area contributed by atoms with Crippen molar-refractivity contribution in [2.24, 2.45) is 5.73 Å². The van der Waals surface area contributed by atoms with Crippen LogP contribution in [0.2, 0.25) is 0 Å². The molecule has 170 valence electrons. The normalized spacial score (nSPS) is 11.8. The van der Waals surface area contributed by atoms with Gasteiger partial charge < -0.3 is 30.9 Å². The minimum Gasteiger partial charge on any atom is -0.471 e. The summed E-state index contributed by atoms with van der Waals surface area (Å²) in [7, 11) is 1.50. The van der Waals surface area contributed by atoms with Crippen molar-refractivity contribution in [2.75, 3.05) is 32.1 Å². The van der Waals surface area contributed by atoms with Gasteiger partial charge in [-0.25, -0.2) is 8.78 Å². The fraction of sp³-hybridized carbons (Fsp3) is 0.389. The summed E-state index contributed by atoms with van der Waals surface area (Å²) in [6.07, 6.45) is -1.23. The van der Waals surface area contributed by atoms with E-state index in [0.717, 1.165) is 23.7 Å². The van der Waals surface area contributed by atoms with Crippen LogP contribution in [0.3, 0.4) is 0 Å². The van der Waals surface area contributed by atoms with Gasteiger partial charge in [0.2, 0.25) is 11.8 Å². The summed E-state index contributed by atoms with van der Waals surface area (Å²) in [5, 5.41) is 15.6. The van der Waals surface area contributed by atoms with Gasteiger partial charge in [0.25, 0.3) is 5.91 Å². The molecular weight excluding hydrogens is 502 g/mol. The minimum absolute atomic E-state index is 0.0738. The Labute approximate surface area is 189 Å². The molecule has 2 amide bonds. The number of nitrogens with one attached hydrogen (secondary N) is 2. The molecule has 0 bridgehead atoms. The molecule has 5 N–H and O–H groups in total. The van der Waals surface area contributed by atoms with Crippen molar-refractivity contribution in [3.63, 3.8) is 0 Å². The van der Waals surface area contributed by atoms with Crippen LogP contribution in [-0.4, -0.2) is 54.2 Å². The van der Waals surface area contributed by atoms with Crippen LogP contribution in [-0.2, 0) is 16.1 Å². The summed E-state index contributed by atoms with van der Waals surface area (Å²) in [6, 6.07) is 2.16. The number of carbonyl (C=O) groups excluding carboxylic acids is 2. The van der Waals surface area contributed by atoms with E-state index in [0.29, 0.717) is 13.2 Å². The Hall–Kier alpha value is -2.35. The molecule has 0 spiro atoms. The van der Waals surface area contributed by atoms with E-state index in [9.17, 15) is 23.5 Å². The van der Waals surface area contributed by atoms with Gasteiger partial charge in [0.05, 0.1) is 24.7 Å². The van der Waals surface area contributed by atoms with Crippen LogP contribution in [0.1, 0.15) is 22.3 Å². The molecule has 0 aliphatic rings. The second-order valence-electron chi connectivity index (χ2n) is 6.27. The molecule has 1 aromatic carbocycles. The number of rotatable bonds is 12. The highest BCUT2D eigenvalue weighted by atomic mass is 79.9. The highest BCUT2D eigenvalue weighted by Gasteiger charge is 2.22. The van der Waals surface area contributed by atoms with E-state index in [1.165, 1.54) is 7.11 Å². The number of halogens is 3. The fourth-order valence-electron chi connectivity index (χ4n) is 2.42. The van der Waals surface area contributed by atoms with Crippen molar-refractivity contribution >= 4 is 44.3 Å². The first-order valence-corrected chi connectivity index (χ1v) is 10.5. The Morgan fingerprint density at radius 2 is 2.03 bits per heavy atom. The van der Waals surface area contributed by atoms with Crippen molar-refractivity contribution in [3.05, 3.63) is 39.4 Å². The van der Waals surface area contributed by atoms with Gasteiger partial charge in [0.15, 0.2) is 0 Å². The van der Waals surface area contributed by atoms with Crippen LogP contribution in [0.4, 0.5) is 13.8 Å². The maximum absolute atomic E-state index is 14.0. The van der Waals surface area contributed by atoms with Crippen molar-refractivity contribution in [2.45, 2.75) is 19.1 Å². The number of amides is 2. The molecule has 2 rings (SSSR count). The summed E-state index contributed by atoms with van der Waals surface area (Å²) >= 11 is 3.80. The summed E-state index contributed by atoms with van der Waals surface area (Å²) in [5.74, 6) is -3.10. The monoisotopic (exact) mass is 522 g/mol. The Kier molecular flexibility index (Phi) is 9.55. The second kappa shape index (κ2) is 11.9. The fourth-order valence-corrected chi connectivity index (χ4v) is 3.57. The second-order valence-corrected chi connectivity index (χ2v) is 7.96. The van der Waals surface area contributed by atoms with Gasteiger partial charge in [-0.05, 0) is 23.7 Å². The number of nitrogens with zero attached hydrogens (tertiary/aromatic N) is 1. The summed E-state index contributed by atoms with van der Waals surface area (Å²) < 4.78 is 42.2. The Morgan fingerprint density at radius 1 is 1.35 bits per heavy atom. The number of hydrogen-bond donors (Lipinski definition) is 4. The Bertz CT molecular complexity index is 907. The molecule has 1 heterocycles. The lowest BCUT2D eigenvalue weighted by molar-refractivity contribution is -0.123. The van der Waals surface area contributed by atoms with Gasteiger partial charge in [-0.1, -0.05) is 15.9 Å². The first kappa shape index (κ1) is 24.9. The SMILES string of the molecule is COCCNC(=O)CC(O)CNc1snc(OCc2c(F)cc(Br)cc2F)c1C(N)=O. The maximum Gasteiger partial charge on any atom is 0.257 e. The molecule has 0 radical (unpaired) electrons. The maximum atomic E-state index is 14.0. The number of aromatic nitrogens is 1.